The van der Waals surface area contributed by atoms with E-state index < -0.39 is 6.10 Å². The number of ether oxygens (including phenoxy) is 3. The van der Waals surface area contributed by atoms with Crippen molar-refractivity contribution in [2.45, 2.75) is 33.3 Å². The zero-order chi connectivity index (χ0) is 18.4. The summed E-state index contributed by atoms with van der Waals surface area (Å²) in [6.07, 6.45) is -0.0524. The molecule has 2 rings (SSSR count). The summed E-state index contributed by atoms with van der Waals surface area (Å²) >= 11 is 0. The standard InChI is InChI=1S/C20H25NO4/c1-6-18(25-16-8-7-13(2)14(3)11-16)20(22)21-17-12-15(23-4)9-10-19(17)24-5/h7-12,18H,6H2,1-5H3,(H,21,22)/t18-/m1/s1. The molecule has 0 aromatic heterocycles. The van der Waals surface area contributed by atoms with Gasteiger partial charge < -0.3 is 19.5 Å². The van der Waals surface area contributed by atoms with E-state index in [2.05, 4.69) is 5.32 Å². The van der Waals surface area contributed by atoms with Crippen molar-refractivity contribution in [1.29, 1.82) is 0 Å². The highest BCUT2D eigenvalue weighted by molar-refractivity contribution is 5.95. The average Bonchev–Trinajstić information content (AvgIpc) is 2.62. The van der Waals surface area contributed by atoms with E-state index in [9.17, 15) is 4.79 Å². The van der Waals surface area contributed by atoms with Gasteiger partial charge in [0.25, 0.3) is 5.91 Å². The maximum atomic E-state index is 12.6. The molecule has 0 aliphatic rings. The molecule has 5 nitrogen and oxygen atoms in total. The Morgan fingerprint density at radius 2 is 1.72 bits per heavy atom. The SMILES string of the molecule is CC[C@@H](Oc1ccc(C)c(C)c1)C(=O)Nc1cc(OC)ccc1OC. The zero-order valence-electron chi connectivity index (χ0n) is 15.4. The van der Waals surface area contributed by atoms with Crippen molar-refractivity contribution >= 4 is 11.6 Å². The smallest absolute Gasteiger partial charge is 0.265 e. The maximum Gasteiger partial charge on any atom is 0.265 e. The first-order chi connectivity index (χ1) is 12.0. The molecule has 1 amide bonds. The van der Waals surface area contributed by atoms with Crippen LogP contribution in [0.15, 0.2) is 36.4 Å². The molecule has 0 saturated carbocycles. The fourth-order valence-electron chi connectivity index (χ4n) is 2.40. The minimum absolute atomic E-state index is 0.229. The molecule has 2 aromatic carbocycles. The number of nitrogens with one attached hydrogen (secondary N) is 1. The third kappa shape index (κ3) is 4.66. The number of carbonyl (C=O) groups excluding carboxylic acids is 1. The van der Waals surface area contributed by atoms with Crippen LogP contribution >= 0.6 is 0 Å². The number of amides is 1. The maximum absolute atomic E-state index is 12.6. The van der Waals surface area contributed by atoms with Gasteiger partial charge in [0.05, 0.1) is 19.9 Å². The zero-order valence-corrected chi connectivity index (χ0v) is 15.4. The fraction of sp³-hybridized carbons (Fsp3) is 0.350. The summed E-state index contributed by atoms with van der Waals surface area (Å²) in [4.78, 5) is 12.6. The Labute approximate surface area is 148 Å². The van der Waals surface area contributed by atoms with E-state index in [1.54, 1.807) is 32.4 Å². The largest absolute Gasteiger partial charge is 0.497 e. The summed E-state index contributed by atoms with van der Waals surface area (Å²) in [6.45, 7) is 5.97. The van der Waals surface area contributed by atoms with Crippen LogP contribution < -0.4 is 19.5 Å². The van der Waals surface area contributed by atoms with E-state index in [1.165, 1.54) is 5.56 Å². The lowest BCUT2D eigenvalue weighted by molar-refractivity contribution is -0.122. The molecule has 134 valence electrons. The molecule has 1 atom stereocenters. The molecule has 5 heteroatoms. The fourth-order valence-corrected chi connectivity index (χ4v) is 2.40. The van der Waals surface area contributed by atoms with Gasteiger partial charge in [-0.15, -0.1) is 0 Å². The first-order valence-electron chi connectivity index (χ1n) is 8.25. The Balaban J connectivity index is 2.15. The Kier molecular flexibility index (Phi) is 6.28. The van der Waals surface area contributed by atoms with Crippen LogP contribution in [0, 0.1) is 13.8 Å². The highest BCUT2D eigenvalue weighted by Crippen LogP contribution is 2.29. The minimum Gasteiger partial charge on any atom is -0.497 e. The number of hydrogen-bond acceptors (Lipinski definition) is 4. The molecule has 0 saturated heterocycles. The lowest BCUT2D eigenvalue weighted by atomic mass is 10.1. The van der Waals surface area contributed by atoms with Crippen LogP contribution in [0.5, 0.6) is 17.2 Å². The minimum atomic E-state index is -0.599. The van der Waals surface area contributed by atoms with Crippen molar-refractivity contribution < 1.29 is 19.0 Å². The second-order valence-corrected chi connectivity index (χ2v) is 5.82. The molecule has 0 spiro atoms. The van der Waals surface area contributed by atoms with Gasteiger partial charge >= 0.3 is 0 Å². The number of aryl methyl sites for hydroxylation is 2. The second kappa shape index (κ2) is 8.42. The molecule has 0 aliphatic heterocycles. The first kappa shape index (κ1) is 18.6. The van der Waals surface area contributed by atoms with Crippen molar-refractivity contribution in [2.24, 2.45) is 0 Å². The van der Waals surface area contributed by atoms with Gasteiger partial charge in [0.2, 0.25) is 0 Å². The van der Waals surface area contributed by atoms with Crippen LogP contribution in [0.25, 0.3) is 0 Å². The van der Waals surface area contributed by atoms with E-state index in [4.69, 9.17) is 14.2 Å². The van der Waals surface area contributed by atoms with E-state index in [-0.39, 0.29) is 5.91 Å². The summed E-state index contributed by atoms with van der Waals surface area (Å²) in [5, 5.41) is 2.86. The summed E-state index contributed by atoms with van der Waals surface area (Å²) in [6, 6.07) is 11.1. The predicted molar refractivity (Wildman–Crippen MR) is 98.8 cm³/mol. The van der Waals surface area contributed by atoms with E-state index in [0.717, 1.165) is 5.56 Å². The van der Waals surface area contributed by atoms with Gasteiger partial charge in [0, 0.05) is 6.07 Å². The average molecular weight is 343 g/mol. The van der Waals surface area contributed by atoms with E-state index in [0.29, 0.717) is 29.4 Å². The predicted octanol–water partition coefficient (Wildman–Crippen LogP) is 4.12. The lowest BCUT2D eigenvalue weighted by Crippen LogP contribution is -2.32. The van der Waals surface area contributed by atoms with Crippen LogP contribution in [0.4, 0.5) is 5.69 Å². The highest BCUT2D eigenvalue weighted by Gasteiger charge is 2.20. The first-order valence-corrected chi connectivity index (χ1v) is 8.25. The number of benzene rings is 2. The summed E-state index contributed by atoms with van der Waals surface area (Å²) in [5.41, 5.74) is 2.86. The quantitative estimate of drug-likeness (QED) is 0.822. The van der Waals surface area contributed by atoms with Crippen LogP contribution in [-0.4, -0.2) is 26.2 Å². The Bertz CT molecular complexity index is 742. The molecule has 0 aliphatic carbocycles. The molecule has 1 N–H and O–H groups in total. The van der Waals surface area contributed by atoms with Crippen molar-refractivity contribution in [3.05, 3.63) is 47.5 Å². The summed E-state index contributed by atoms with van der Waals surface area (Å²) in [7, 11) is 3.13. The molecule has 0 unspecified atom stereocenters. The van der Waals surface area contributed by atoms with Gasteiger partial charge in [0.15, 0.2) is 6.10 Å². The van der Waals surface area contributed by atoms with Crippen LogP contribution in [0.3, 0.4) is 0 Å². The number of anilines is 1. The Morgan fingerprint density at radius 3 is 2.32 bits per heavy atom. The molecular formula is C20H25NO4. The van der Waals surface area contributed by atoms with Gasteiger partial charge in [-0.1, -0.05) is 13.0 Å². The monoisotopic (exact) mass is 343 g/mol. The third-order valence-corrected chi connectivity index (χ3v) is 4.08. The van der Waals surface area contributed by atoms with Gasteiger partial charge in [-0.2, -0.15) is 0 Å². The Hall–Kier alpha value is -2.69. The van der Waals surface area contributed by atoms with E-state index in [1.807, 2.05) is 39.0 Å². The molecule has 0 fully saturated rings. The van der Waals surface area contributed by atoms with Gasteiger partial charge in [-0.3, -0.25) is 4.79 Å². The van der Waals surface area contributed by atoms with Gasteiger partial charge in [0.1, 0.15) is 17.2 Å². The van der Waals surface area contributed by atoms with Crippen LogP contribution in [0.2, 0.25) is 0 Å². The lowest BCUT2D eigenvalue weighted by Gasteiger charge is -2.19. The molecule has 25 heavy (non-hydrogen) atoms. The summed E-state index contributed by atoms with van der Waals surface area (Å²) in [5.74, 6) is 1.66. The van der Waals surface area contributed by atoms with Gasteiger partial charge in [-0.25, -0.2) is 0 Å². The number of methoxy groups -OCH3 is 2. The molecule has 0 radical (unpaired) electrons. The number of rotatable bonds is 7. The van der Waals surface area contributed by atoms with Gasteiger partial charge in [-0.05, 0) is 55.7 Å². The topological polar surface area (TPSA) is 56.8 Å². The van der Waals surface area contributed by atoms with Crippen molar-refractivity contribution in [2.75, 3.05) is 19.5 Å². The van der Waals surface area contributed by atoms with Crippen LogP contribution in [0.1, 0.15) is 24.5 Å². The normalized spacial score (nSPS) is 11.6. The van der Waals surface area contributed by atoms with Crippen molar-refractivity contribution in [3.63, 3.8) is 0 Å². The second-order valence-electron chi connectivity index (χ2n) is 5.82. The van der Waals surface area contributed by atoms with Crippen LogP contribution in [-0.2, 0) is 4.79 Å². The highest BCUT2D eigenvalue weighted by atomic mass is 16.5. The number of carbonyl (C=O) groups is 1. The molecular weight excluding hydrogens is 318 g/mol. The Morgan fingerprint density at radius 1 is 1.00 bits per heavy atom. The van der Waals surface area contributed by atoms with Crippen molar-refractivity contribution in [3.8, 4) is 17.2 Å². The number of hydrogen-bond donors (Lipinski definition) is 1. The molecule has 0 heterocycles. The summed E-state index contributed by atoms with van der Waals surface area (Å²) < 4.78 is 16.4. The molecule has 2 aromatic rings. The van der Waals surface area contributed by atoms with Crippen molar-refractivity contribution in [1.82, 2.24) is 0 Å². The molecule has 0 bridgehead atoms. The van der Waals surface area contributed by atoms with E-state index >= 15 is 0 Å². The third-order valence-electron chi connectivity index (χ3n) is 4.08.